The molecule has 0 aliphatic heterocycles. The Morgan fingerprint density at radius 1 is 0.821 bits per heavy atom. The first-order chi connectivity index (χ1) is 13.6. The van der Waals surface area contributed by atoms with Crippen LogP contribution >= 0.6 is 0 Å². The second-order valence-electron chi connectivity index (χ2n) is 8.27. The molecule has 0 aliphatic rings. The van der Waals surface area contributed by atoms with Gasteiger partial charge in [0.1, 0.15) is 0 Å². The van der Waals surface area contributed by atoms with Gasteiger partial charge in [0.05, 0.1) is 5.56 Å². The van der Waals surface area contributed by atoms with Gasteiger partial charge in [0.2, 0.25) is 0 Å². The van der Waals surface area contributed by atoms with Crippen molar-refractivity contribution in [2.24, 2.45) is 7.05 Å². The van der Waals surface area contributed by atoms with E-state index in [9.17, 15) is 4.79 Å². The molecule has 2 rings (SSSR count). The second kappa shape index (κ2) is 12.6. The summed E-state index contributed by atoms with van der Waals surface area (Å²) in [6.07, 6.45) is 19.0. The van der Waals surface area contributed by atoms with Gasteiger partial charge in [-0.2, -0.15) is 0 Å². The van der Waals surface area contributed by atoms with Crippen LogP contribution in [0.25, 0.3) is 10.9 Å². The van der Waals surface area contributed by atoms with Crippen molar-refractivity contribution in [1.82, 2.24) is 4.57 Å². The highest BCUT2D eigenvalue weighted by atomic mass is 16.4. The first kappa shape index (κ1) is 22.5. The molecule has 0 fully saturated rings. The van der Waals surface area contributed by atoms with Crippen LogP contribution in [0.15, 0.2) is 24.3 Å². The molecule has 156 valence electrons. The van der Waals surface area contributed by atoms with Crippen molar-refractivity contribution in [3.8, 4) is 0 Å². The molecule has 28 heavy (non-hydrogen) atoms. The molecule has 0 unspecified atom stereocenters. The number of aromatic carboxylic acids is 1. The van der Waals surface area contributed by atoms with E-state index in [1.807, 2.05) is 6.07 Å². The molecular formula is C25H39NO2. The van der Waals surface area contributed by atoms with Crippen molar-refractivity contribution >= 4 is 16.9 Å². The van der Waals surface area contributed by atoms with Crippen LogP contribution in [0.4, 0.5) is 0 Å². The van der Waals surface area contributed by atoms with Crippen LogP contribution in [-0.2, 0) is 13.5 Å². The molecule has 0 radical (unpaired) electrons. The first-order valence-corrected chi connectivity index (χ1v) is 11.4. The van der Waals surface area contributed by atoms with Crippen molar-refractivity contribution < 1.29 is 9.90 Å². The Kier molecular flexibility index (Phi) is 10.2. The quantitative estimate of drug-likeness (QED) is 0.322. The van der Waals surface area contributed by atoms with E-state index < -0.39 is 5.97 Å². The van der Waals surface area contributed by atoms with E-state index in [1.165, 1.54) is 89.2 Å². The number of hydrogen-bond acceptors (Lipinski definition) is 1. The molecule has 1 aromatic carbocycles. The van der Waals surface area contributed by atoms with Crippen LogP contribution in [0.1, 0.15) is 106 Å². The van der Waals surface area contributed by atoms with E-state index >= 15 is 0 Å². The summed E-state index contributed by atoms with van der Waals surface area (Å²) in [7, 11) is 2.08. The minimum atomic E-state index is -0.858. The summed E-state index contributed by atoms with van der Waals surface area (Å²) in [6, 6.07) is 7.55. The fraction of sp³-hybridized carbons (Fsp3) is 0.640. The molecule has 3 heteroatoms. The highest BCUT2D eigenvalue weighted by Gasteiger charge is 2.09. The van der Waals surface area contributed by atoms with Crippen LogP contribution in [0.3, 0.4) is 0 Å². The lowest BCUT2D eigenvalue weighted by Gasteiger charge is -2.05. The van der Waals surface area contributed by atoms with Crippen molar-refractivity contribution in [3.05, 3.63) is 35.5 Å². The zero-order valence-electron chi connectivity index (χ0n) is 18.0. The molecule has 0 spiro atoms. The lowest BCUT2D eigenvalue weighted by atomic mass is 10.0. The number of hydrogen-bond donors (Lipinski definition) is 1. The van der Waals surface area contributed by atoms with Crippen LogP contribution in [0, 0.1) is 0 Å². The maximum atomic E-state index is 11.1. The Morgan fingerprint density at radius 2 is 1.36 bits per heavy atom. The number of nitrogens with zero attached hydrogens (tertiary/aromatic N) is 1. The maximum absolute atomic E-state index is 11.1. The van der Waals surface area contributed by atoms with E-state index in [1.54, 1.807) is 12.1 Å². The Labute approximate surface area is 171 Å². The molecule has 0 saturated carbocycles. The number of aromatic nitrogens is 1. The third-order valence-corrected chi connectivity index (χ3v) is 5.93. The van der Waals surface area contributed by atoms with Gasteiger partial charge in [-0.05, 0) is 37.1 Å². The summed E-state index contributed by atoms with van der Waals surface area (Å²) in [5.41, 5.74) is 2.79. The van der Waals surface area contributed by atoms with Crippen molar-refractivity contribution in [1.29, 1.82) is 0 Å². The van der Waals surface area contributed by atoms with Crippen molar-refractivity contribution in [3.63, 3.8) is 0 Å². The number of carboxylic acid groups (broad SMARTS) is 1. The largest absolute Gasteiger partial charge is 0.478 e. The minimum Gasteiger partial charge on any atom is -0.478 e. The van der Waals surface area contributed by atoms with Crippen molar-refractivity contribution in [2.45, 2.75) is 96.8 Å². The van der Waals surface area contributed by atoms with Gasteiger partial charge in [-0.25, -0.2) is 4.79 Å². The van der Waals surface area contributed by atoms with Gasteiger partial charge < -0.3 is 9.67 Å². The molecule has 0 aliphatic carbocycles. The van der Waals surface area contributed by atoms with Crippen LogP contribution in [0.5, 0.6) is 0 Å². The third-order valence-electron chi connectivity index (χ3n) is 5.93. The van der Waals surface area contributed by atoms with Crippen LogP contribution in [-0.4, -0.2) is 15.6 Å². The minimum absolute atomic E-state index is 0.366. The van der Waals surface area contributed by atoms with Gasteiger partial charge in [0, 0.05) is 23.6 Å². The van der Waals surface area contributed by atoms with Gasteiger partial charge in [-0.3, -0.25) is 0 Å². The summed E-state index contributed by atoms with van der Waals surface area (Å²) in [4.78, 5) is 11.1. The van der Waals surface area contributed by atoms with E-state index in [0.717, 1.165) is 17.3 Å². The molecule has 0 atom stereocenters. The van der Waals surface area contributed by atoms with Crippen LogP contribution < -0.4 is 0 Å². The molecular weight excluding hydrogens is 346 g/mol. The predicted octanol–water partition coefficient (Wildman–Crippen LogP) is 7.51. The van der Waals surface area contributed by atoms with Gasteiger partial charge in [-0.1, -0.05) is 84.0 Å². The van der Waals surface area contributed by atoms with E-state index in [0.29, 0.717) is 5.56 Å². The maximum Gasteiger partial charge on any atom is 0.335 e. The lowest BCUT2D eigenvalue weighted by Crippen LogP contribution is -1.97. The normalized spacial score (nSPS) is 11.4. The molecule has 3 nitrogen and oxygen atoms in total. The number of fused-ring (bicyclic) bond motifs is 1. The summed E-state index contributed by atoms with van der Waals surface area (Å²) in [5.74, 6) is -0.858. The molecule has 0 bridgehead atoms. The molecule has 0 saturated heterocycles. The van der Waals surface area contributed by atoms with Gasteiger partial charge in [0.25, 0.3) is 0 Å². The highest BCUT2D eigenvalue weighted by Crippen LogP contribution is 2.22. The third kappa shape index (κ3) is 7.33. The number of rotatable bonds is 15. The molecule has 1 aromatic heterocycles. The summed E-state index contributed by atoms with van der Waals surface area (Å²) < 4.78 is 2.21. The average Bonchev–Trinajstić information content (AvgIpc) is 3.00. The Morgan fingerprint density at radius 3 is 1.89 bits per heavy atom. The van der Waals surface area contributed by atoms with Gasteiger partial charge >= 0.3 is 5.97 Å². The Bertz CT molecular complexity index is 717. The molecule has 1 heterocycles. The predicted molar refractivity (Wildman–Crippen MR) is 119 cm³/mol. The van der Waals surface area contributed by atoms with Crippen LogP contribution in [0.2, 0.25) is 0 Å². The zero-order chi connectivity index (χ0) is 20.2. The monoisotopic (exact) mass is 385 g/mol. The number of benzene rings is 1. The van der Waals surface area contributed by atoms with Crippen molar-refractivity contribution in [2.75, 3.05) is 0 Å². The summed E-state index contributed by atoms with van der Waals surface area (Å²) in [6.45, 7) is 2.28. The van der Waals surface area contributed by atoms with E-state index in [-0.39, 0.29) is 0 Å². The second-order valence-corrected chi connectivity index (χ2v) is 8.27. The molecule has 2 aromatic rings. The summed E-state index contributed by atoms with van der Waals surface area (Å²) in [5, 5.41) is 10.2. The Balaban J connectivity index is 1.56. The highest BCUT2D eigenvalue weighted by molar-refractivity contribution is 5.94. The van der Waals surface area contributed by atoms with Gasteiger partial charge in [-0.15, -0.1) is 0 Å². The Hall–Kier alpha value is -1.77. The number of carboxylic acids is 1. The fourth-order valence-electron chi connectivity index (χ4n) is 4.10. The standard InChI is InChI=1S/C25H39NO2/c1-3-4-5-6-7-8-9-10-11-12-13-14-15-16-23-20-22-19-21(25(27)28)17-18-24(22)26(23)2/h17-20H,3-16H2,1-2H3,(H,27,28). The summed E-state index contributed by atoms with van der Waals surface area (Å²) >= 11 is 0. The average molecular weight is 386 g/mol. The zero-order valence-corrected chi connectivity index (χ0v) is 18.0. The number of carbonyl (C=O) groups is 1. The number of unbranched alkanes of at least 4 members (excludes halogenated alkanes) is 12. The smallest absolute Gasteiger partial charge is 0.335 e. The van der Waals surface area contributed by atoms with E-state index in [4.69, 9.17) is 5.11 Å². The fourth-order valence-corrected chi connectivity index (χ4v) is 4.10. The number of aryl methyl sites for hydroxylation is 2. The first-order valence-electron chi connectivity index (χ1n) is 11.4. The molecule has 0 amide bonds. The van der Waals surface area contributed by atoms with Gasteiger partial charge in [0.15, 0.2) is 0 Å². The topological polar surface area (TPSA) is 42.2 Å². The van der Waals surface area contributed by atoms with E-state index in [2.05, 4.69) is 24.6 Å². The molecule has 1 N–H and O–H groups in total. The lowest BCUT2D eigenvalue weighted by molar-refractivity contribution is 0.0697. The SMILES string of the molecule is CCCCCCCCCCCCCCCc1cc2cc(C(=O)O)ccc2n1C.